The first-order chi connectivity index (χ1) is 8.72. The standard InChI is InChI=1S/C11H14F3NO4.ClH/c1-18-6-3-5(4-7(19-2)9(6)16)8(15)10(17)11(12,13)14;/h3-4,8,10,16-17H,15H2,1-2H3;1H/t8-,10-;/m0./s1. The van der Waals surface area contributed by atoms with Gasteiger partial charge < -0.3 is 25.4 Å². The summed E-state index contributed by atoms with van der Waals surface area (Å²) in [6, 6.07) is 0.498. The molecule has 116 valence electrons. The average molecular weight is 318 g/mol. The molecular formula is C11H15ClF3NO4. The summed E-state index contributed by atoms with van der Waals surface area (Å²) in [7, 11) is 2.45. The molecule has 0 radical (unpaired) electrons. The number of halogens is 4. The van der Waals surface area contributed by atoms with E-state index < -0.39 is 18.3 Å². The number of rotatable bonds is 4. The Morgan fingerprint density at radius 3 is 1.85 bits per heavy atom. The highest BCUT2D eigenvalue weighted by molar-refractivity contribution is 5.85. The van der Waals surface area contributed by atoms with Crippen molar-refractivity contribution in [2.75, 3.05) is 14.2 Å². The van der Waals surface area contributed by atoms with Crippen molar-refractivity contribution in [2.45, 2.75) is 18.3 Å². The zero-order valence-corrected chi connectivity index (χ0v) is 11.5. The van der Waals surface area contributed by atoms with Crippen LogP contribution in [0.25, 0.3) is 0 Å². The lowest BCUT2D eigenvalue weighted by Crippen LogP contribution is -2.38. The maximum Gasteiger partial charge on any atom is 0.416 e. The molecule has 0 amide bonds. The van der Waals surface area contributed by atoms with Gasteiger partial charge in [-0.3, -0.25) is 0 Å². The predicted octanol–water partition coefficient (Wildman–Crippen LogP) is 1.75. The van der Waals surface area contributed by atoms with Crippen molar-refractivity contribution in [1.29, 1.82) is 0 Å². The minimum Gasteiger partial charge on any atom is -0.502 e. The first-order valence-electron chi connectivity index (χ1n) is 5.17. The van der Waals surface area contributed by atoms with Crippen molar-refractivity contribution in [1.82, 2.24) is 0 Å². The van der Waals surface area contributed by atoms with Gasteiger partial charge in [0.2, 0.25) is 5.75 Å². The zero-order valence-electron chi connectivity index (χ0n) is 10.6. The number of ether oxygens (including phenoxy) is 2. The van der Waals surface area contributed by atoms with Crippen molar-refractivity contribution in [3.8, 4) is 17.2 Å². The van der Waals surface area contributed by atoms with Crippen molar-refractivity contribution in [2.24, 2.45) is 5.73 Å². The van der Waals surface area contributed by atoms with Crippen LogP contribution in [0.2, 0.25) is 0 Å². The number of phenolic OH excluding ortho intramolecular Hbond substituents is 1. The van der Waals surface area contributed by atoms with Crippen LogP contribution in [0.5, 0.6) is 17.2 Å². The molecule has 0 saturated carbocycles. The summed E-state index contributed by atoms with van der Waals surface area (Å²) in [5.41, 5.74) is 5.29. The van der Waals surface area contributed by atoms with Crippen molar-refractivity contribution < 1.29 is 32.9 Å². The molecule has 0 aliphatic heterocycles. The van der Waals surface area contributed by atoms with Gasteiger partial charge in [0.1, 0.15) is 0 Å². The fraction of sp³-hybridized carbons (Fsp3) is 0.455. The lowest BCUT2D eigenvalue weighted by Gasteiger charge is -2.22. The summed E-state index contributed by atoms with van der Waals surface area (Å²) < 4.78 is 46.8. The molecule has 0 aliphatic rings. The maximum absolute atomic E-state index is 12.4. The Kier molecular flexibility index (Phi) is 6.39. The largest absolute Gasteiger partial charge is 0.502 e. The van der Waals surface area contributed by atoms with Gasteiger partial charge in [-0.25, -0.2) is 0 Å². The highest BCUT2D eigenvalue weighted by atomic mass is 35.5. The van der Waals surface area contributed by atoms with Gasteiger partial charge >= 0.3 is 6.18 Å². The summed E-state index contributed by atoms with van der Waals surface area (Å²) in [6.07, 6.45) is -7.58. The first kappa shape index (κ1) is 18.6. The Morgan fingerprint density at radius 2 is 1.55 bits per heavy atom. The monoisotopic (exact) mass is 317 g/mol. The minimum absolute atomic E-state index is 0. The second-order valence-corrected chi connectivity index (χ2v) is 3.79. The van der Waals surface area contributed by atoms with E-state index in [0.29, 0.717) is 0 Å². The number of phenols is 1. The summed E-state index contributed by atoms with van der Waals surface area (Å²) >= 11 is 0. The Morgan fingerprint density at radius 1 is 1.15 bits per heavy atom. The molecule has 0 saturated heterocycles. The van der Waals surface area contributed by atoms with E-state index in [1.54, 1.807) is 0 Å². The number of aromatic hydroxyl groups is 1. The molecular weight excluding hydrogens is 303 g/mol. The van der Waals surface area contributed by atoms with Crippen LogP contribution in [0.15, 0.2) is 12.1 Å². The van der Waals surface area contributed by atoms with Gasteiger partial charge in [-0.2, -0.15) is 13.2 Å². The van der Waals surface area contributed by atoms with E-state index in [9.17, 15) is 18.3 Å². The SMILES string of the molecule is COc1cc([C@H](N)[C@H](O)C(F)(F)F)cc(OC)c1O.Cl. The topological polar surface area (TPSA) is 84.9 Å². The summed E-state index contributed by atoms with van der Waals surface area (Å²) in [5.74, 6) is -0.555. The van der Waals surface area contributed by atoms with E-state index >= 15 is 0 Å². The van der Waals surface area contributed by atoms with Gasteiger partial charge in [0.05, 0.1) is 20.3 Å². The van der Waals surface area contributed by atoms with Crippen molar-refractivity contribution in [3.05, 3.63) is 17.7 Å². The Balaban J connectivity index is 0.00000361. The van der Waals surface area contributed by atoms with Crippen LogP contribution in [0.1, 0.15) is 11.6 Å². The van der Waals surface area contributed by atoms with E-state index in [2.05, 4.69) is 0 Å². The smallest absolute Gasteiger partial charge is 0.416 e. The first-order valence-corrected chi connectivity index (χ1v) is 5.17. The van der Waals surface area contributed by atoms with Crippen LogP contribution in [0.4, 0.5) is 13.2 Å². The number of hydrogen-bond donors (Lipinski definition) is 3. The number of nitrogens with two attached hydrogens (primary N) is 1. The quantitative estimate of drug-likeness (QED) is 0.788. The van der Waals surface area contributed by atoms with Crippen LogP contribution in [-0.2, 0) is 0 Å². The van der Waals surface area contributed by atoms with Gasteiger partial charge in [0, 0.05) is 0 Å². The molecule has 0 bridgehead atoms. The third-order valence-corrected chi connectivity index (χ3v) is 2.56. The fourth-order valence-electron chi connectivity index (χ4n) is 1.49. The van der Waals surface area contributed by atoms with Crippen molar-refractivity contribution >= 4 is 12.4 Å². The van der Waals surface area contributed by atoms with Crippen LogP contribution < -0.4 is 15.2 Å². The van der Waals surface area contributed by atoms with E-state index in [1.165, 1.54) is 14.2 Å². The second kappa shape index (κ2) is 6.87. The van der Waals surface area contributed by atoms with Crippen LogP contribution in [0.3, 0.4) is 0 Å². The molecule has 1 aromatic carbocycles. The predicted molar refractivity (Wildman–Crippen MR) is 67.4 cm³/mol. The lowest BCUT2D eigenvalue weighted by atomic mass is 10.0. The van der Waals surface area contributed by atoms with E-state index in [1.807, 2.05) is 0 Å². The Bertz CT molecular complexity index is 431. The molecule has 4 N–H and O–H groups in total. The van der Waals surface area contributed by atoms with Crippen molar-refractivity contribution in [3.63, 3.8) is 0 Å². The maximum atomic E-state index is 12.4. The number of aliphatic hydroxyl groups excluding tert-OH is 1. The summed E-state index contributed by atoms with van der Waals surface area (Å²) in [4.78, 5) is 0. The molecule has 0 unspecified atom stereocenters. The van der Waals surface area contributed by atoms with E-state index in [-0.39, 0.29) is 35.2 Å². The molecule has 0 heterocycles. The third-order valence-electron chi connectivity index (χ3n) is 2.56. The average Bonchev–Trinajstić information content (AvgIpc) is 2.36. The highest BCUT2D eigenvalue weighted by Gasteiger charge is 2.43. The van der Waals surface area contributed by atoms with Gasteiger partial charge in [-0.15, -0.1) is 12.4 Å². The Labute approximate surface area is 119 Å². The number of hydrogen-bond acceptors (Lipinski definition) is 5. The molecule has 20 heavy (non-hydrogen) atoms. The molecule has 1 aromatic rings. The fourth-order valence-corrected chi connectivity index (χ4v) is 1.49. The number of methoxy groups -OCH3 is 2. The molecule has 0 aromatic heterocycles. The number of aliphatic hydroxyl groups is 1. The molecule has 2 atom stereocenters. The lowest BCUT2D eigenvalue weighted by molar-refractivity contribution is -0.210. The zero-order chi connectivity index (χ0) is 14.8. The minimum atomic E-state index is -4.85. The summed E-state index contributed by atoms with van der Waals surface area (Å²) in [6.45, 7) is 0. The third kappa shape index (κ3) is 3.81. The van der Waals surface area contributed by atoms with Gasteiger partial charge in [0.15, 0.2) is 17.6 Å². The van der Waals surface area contributed by atoms with Gasteiger partial charge in [-0.05, 0) is 17.7 Å². The number of alkyl halides is 3. The normalized spacial score (nSPS) is 14.2. The van der Waals surface area contributed by atoms with Gasteiger partial charge in [0.25, 0.3) is 0 Å². The van der Waals surface area contributed by atoms with Crippen LogP contribution in [0, 0.1) is 0 Å². The molecule has 0 spiro atoms. The number of benzene rings is 1. The van der Waals surface area contributed by atoms with Crippen LogP contribution >= 0.6 is 12.4 Å². The molecule has 1 rings (SSSR count). The highest BCUT2D eigenvalue weighted by Crippen LogP contribution is 2.40. The molecule has 0 fully saturated rings. The van der Waals surface area contributed by atoms with Gasteiger partial charge in [-0.1, -0.05) is 0 Å². The molecule has 0 aliphatic carbocycles. The molecule has 5 nitrogen and oxygen atoms in total. The second-order valence-electron chi connectivity index (χ2n) is 3.79. The van der Waals surface area contributed by atoms with E-state index in [0.717, 1.165) is 12.1 Å². The Hall–Kier alpha value is -1.38. The van der Waals surface area contributed by atoms with E-state index in [4.69, 9.17) is 20.3 Å². The summed E-state index contributed by atoms with van der Waals surface area (Å²) in [5, 5.41) is 18.7. The molecule has 9 heteroatoms. The van der Waals surface area contributed by atoms with Crippen LogP contribution in [-0.4, -0.2) is 36.7 Å².